The molecule has 5 heteroatoms. The van der Waals surface area contributed by atoms with E-state index in [2.05, 4.69) is 16.9 Å². The number of pyridine rings is 1. The Hall–Kier alpha value is -2.14. The molecule has 0 unspecified atom stereocenters. The monoisotopic (exact) mass is 299 g/mol. The number of benzene rings is 1. The highest BCUT2D eigenvalue weighted by Crippen LogP contribution is 2.17. The summed E-state index contributed by atoms with van der Waals surface area (Å²) in [6.07, 6.45) is 1.94. The Morgan fingerprint density at radius 1 is 1.27 bits per heavy atom. The van der Waals surface area contributed by atoms with Gasteiger partial charge >= 0.3 is 0 Å². The van der Waals surface area contributed by atoms with E-state index in [0.717, 1.165) is 31.3 Å². The molecule has 0 spiro atoms. The fourth-order valence-corrected chi connectivity index (χ4v) is 3.06. The van der Waals surface area contributed by atoms with E-state index >= 15 is 0 Å². The molecule has 0 saturated carbocycles. The molecule has 0 radical (unpaired) electrons. The fraction of sp³-hybridized carbons (Fsp3) is 0.412. The van der Waals surface area contributed by atoms with Gasteiger partial charge in [-0.2, -0.15) is 0 Å². The number of likely N-dealkylation sites (tertiary alicyclic amines) is 1. The van der Waals surface area contributed by atoms with Crippen molar-refractivity contribution in [1.82, 2.24) is 14.8 Å². The quantitative estimate of drug-likeness (QED) is 0.918. The molecule has 0 atom stereocenters. The number of piperidine rings is 1. The number of rotatable bonds is 2. The third-order valence-corrected chi connectivity index (χ3v) is 4.54. The van der Waals surface area contributed by atoms with Gasteiger partial charge in [0.1, 0.15) is 5.69 Å². The van der Waals surface area contributed by atoms with E-state index in [1.54, 1.807) is 17.0 Å². The summed E-state index contributed by atoms with van der Waals surface area (Å²) < 4.78 is 0. The minimum atomic E-state index is -0.210. The van der Waals surface area contributed by atoms with Crippen LogP contribution < -0.4 is 5.56 Å². The molecule has 116 valence electrons. The van der Waals surface area contributed by atoms with Crippen LogP contribution in [0.25, 0.3) is 10.8 Å². The first-order chi connectivity index (χ1) is 10.6. The van der Waals surface area contributed by atoms with E-state index in [1.807, 2.05) is 25.2 Å². The zero-order chi connectivity index (χ0) is 15.7. The van der Waals surface area contributed by atoms with E-state index in [0.29, 0.717) is 11.1 Å². The van der Waals surface area contributed by atoms with E-state index in [1.165, 1.54) is 0 Å². The lowest BCUT2D eigenvalue weighted by Crippen LogP contribution is -2.44. The Kier molecular flexibility index (Phi) is 3.98. The van der Waals surface area contributed by atoms with E-state index in [4.69, 9.17) is 0 Å². The van der Waals surface area contributed by atoms with Gasteiger partial charge in [-0.1, -0.05) is 18.2 Å². The Labute approximate surface area is 129 Å². The van der Waals surface area contributed by atoms with Gasteiger partial charge in [-0.05, 0) is 50.5 Å². The van der Waals surface area contributed by atoms with Gasteiger partial charge in [0, 0.05) is 18.5 Å². The molecule has 2 aromatic rings. The second-order valence-electron chi connectivity index (χ2n) is 6.05. The van der Waals surface area contributed by atoms with Crippen LogP contribution in [0.1, 0.15) is 23.3 Å². The standard InChI is InChI=1S/C17H21N3O2/c1-19-9-7-13(8-10-19)20(2)17(22)15-11-12-5-3-4-6-14(12)16(21)18-15/h3-6,11,13H,7-10H2,1-2H3,(H,18,21). The molecule has 1 saturated heterocycles. The first-order valence-electron chi connectivity index (χ1n) is 7.64. The summed E-state index contributed by atoms with van der Waals surface area (Å²) in [5.74, 6) is -0.114. The van der Waals surface area contributed by atoms with Crippen LogP contribution in [-0.4, -0.2) is 53.9 Å². The minimum absolute atomic E-state index is 0.114. The van der Waals surface area contributed by atoms with Gasteiger partial charge in [-0.25, -0.2) is 0 Å². The van der Waals surface area contributed by atoms with E-state index in [9.17, 15) is 9.59 Å². The summed E-state index contributed by atoms with van der Waals surface area (Å²) in [6, 6.07) is 9.32. The zero-order valence-corrected chi connectivity index (χ0v) is 13.0. The SMILES string of the molecule is CN1CCC(N(C)C(=O)c2cc3ccccc3c(=O)[nH]2)CC1. The first kappa shape index (κ1) is 14.8. The van der Waals surface area contributed by atoms with Gasteiger partial charge in [0.2, 0.25) is 0 Å². The molecule has 2 heterocycles. The van der Waals surface area contributed by atoms with Crippen LogP contribution in [0.15, 0.2) is 35.1 Å². The summed E-state index contributed by atoms with van der Waals surface area (Å²) in [7, 11) is 3.92. The van der Waals surface area contributed by atoms with E-state index < -0.39 is 0 Å². The van der Waals surface area contributed by atoms with Crippen molar-refractivity contribution in [3.05, 3.63) is 46.4 Å². The van der Waals surface area contributed by atoms with E-state index in [-0.39, 0.29) is 17.5 Å². The van der Waals surface area contributed by atoms with Crippen molar-refractivity contribution >= 4 is 16.7 Å². The second-order valence-corrected chi connectivity index (χ2v) is 6.05. The van der Waals surface area contributed by atoms with Crippen molar-refractivity contribution in [3.8, 4) is 0 Å². The summed E-state index contributed by atoms with van der Waals surface area (Å²) >= 11 is 0. The predicted octanol–water partition coefficient (Wildman–Crippen LogP) is 1.69. The molecule has 1 aliphatic rings. The lowest BCUT2D eigenvalue weighted by molar-refractivity contribution is 0.0653. The number of carbonyl (C=O) groups is 1. The number of fused-ring (bicyclic) bond motifs is 1. The predicted molar refractivity (Wildman–Crippen MR) is 87.2 cm³/mol. The molecule has 1 aromatic heterocycles. The van der Waals surface area contributed by atoms with Crippen molar-refractivity contribution in [3.63, 3.8) is 0 Å². The van der Waals surface area contributed by atoms with Gasteiger partial charge in [-0.15, -0.1) is 0 Å². The molecule has 0 bridgehead atoms. The van der Waals surface area contributed by atoms with Gasteiger partial charge < -0.3 is 14.8 Å². The number of H-pyrrole nitrogens is 1. The summed E-state index contributed by atoms with van der Waals surface area (Å²) in [6.45, 7) is 1.99. The number of hydrogen-bond donors (Lipinski definition) is 1. The largest absolute Gasteiger partial charge is 0.337 e. The highest BCUT2D eigenvalue weighted by atomic mass is 16.2. The van der Waals surface area contributed by atoms with Crippen molar-refractivity contribution in [1.29, 1.82) is 0 Å². The maximum Gasteiger partial charge on any atom is 0.270 e. The highest BCUT2D eigenvalue weighted by molar-refractivity contribution is 5.96. The van der Waals surface area contributed by atoms with Gasteiger partial charge in [0.15, 0.2) is 0 Å². The Morgan fingerprint density at radius 2 is 1.95 bits per heavy atom. The average Bonchev–Trinajstić information content (AvgIpc) is 2.54. The fourth-order valence-electron chi connectivity index (χ4n) is 3.06. The number of aromatic nitrogens is 1. The van der Waals surface area contributed by atoms with Crippen molar-refractivity contribution in [2.45, 2.75) is 18.9 Å². The smallest absolute Gasteiger partial charge is 0.270 e. The summed E-state index contributed by atoms with van der Waals surface area (Å²) in [4.78, 5) is 31.5. The summed E-state index contributed by atoms with van der Waals surface area (Å²) in [5, 5.41) is 1.41. The second kappa shape index (κ2) is 5.93. The number of hydrogen-bond acceptors (Lipinski definition) is 3. The minimum Gasteiger partial charge on any atom is -0.337 e. The highest BCUT2D eigenvalue weighted by Gasteiger charge is 2.25. The maximum absolute atomic E-state index is 12.7. The first-order valence-corrected chi connectivity index (χ1v) is 7.64. The van der Waals surface area contributed by atoms with Crippen LogP contribution in [0.3, 0.4) is 0 Å². The van der Waals surface area contributed by atoms with Crippen molar-refractivity contribution < 1.29 is 4.79 Å². The normalized spacial score (nSPS) is 16.8. The van der Waals surface area contributed by atoms with Crippen molar-refractivity contribution in [2.24, 2.45) is 0 Å². The lowest BCUT2D eigenvalue weighted by atomic mass is 10.0. The Balaban J connectivity index is 1.87. The maximum atomic E-state index is 12.7. The number of carbonyl (C=O) groups excluding carboxylic acids is 1. The van der Waals surface area contributed by atoms with Gasteiger partial charge in [0.25, 0.3) is 11.5 Å². The van der Waals surface area contributed by atoms with Gasteiger partial charge in [-0.3, -0.25) is 9.59 Å². The molecule has 1 aromatic carbocycles. The molecule has 3 rings (SSSR count). The molecular weight excluding hydrogens is 278 g/mol. The van der Waals surface area contributed by atoms with Crippen LogP contribution in [0, 0.1) is 0 Å². The number of amides is 1. The molecular formula is C17H21N3O2. The Morgan fingerprint density at radius 3 is 2.68 bits per heavy atom. The molecule has 1 amide bonds. The molecule has 5 nitrogen and oxygen atoms in total. The lowest BCUT2D eigenvalue weighted by Gasteiger charge is -2.35. The Bertz CT molecular complexity index is 745. The number of nitrogens with one attached hydrogen (secondary N) is 1. The van der Waals surface area contributed by atoms with Crippen molar-refractivity contribution in [2.75, 3.05) is 27.2 Å². The average molecular weight is 299 g/mol. The molecule has 22 heavy (non-hydrogen) atoms. The number of nitrogens with zero attached hydrogens (tertiary/aromatic N) is 2. The zero-order valence-electron chi connectivity index (χ0n) is 13.0. The third-order valence-electron chi connectivity index (χ3n) is 4.54. The van der Waals surface area contributed by atoms with Crippen LogP contribution in [-0.2, 0) is 0 Å². The third kappa shape index (κ3) is 2.76. The molecule has 0 aliphatic carbocycles. The topological polar surface area (TPSA) is 56.4 Å². The molecule has 1 N–H and O–H groups in total. The number of aromatic amines is 1. The molecule has 1 aliphatic heterocycles. The van der Waals surface area contributed by atoms with Crippen LogP contribution in [0.4, 0.5) is 0 Å². The summed E-state index contributed by atoms with van der Waals surface area (Å²) in [5.41, 5.74) is 0.156. The van der Waals surface area contributed by atoms with Crippen LogP contribution in [0.5, 0.6) is 0 Å². The molecule has 1 fully saturated rings. The van der Waals surface area contributed by atoms with Crippen LogP contribution >= 0.6 is 0 Å². The van der Waals surface area contributed by atoms with Crippen LogP contribution in [0.2, 0.25) is 0 Å². The van der Waals surface area contributed by atoms with Gasteiger partial charge in [0.05, 0.1) is 0 Å².